The number of piperidine rings is 1. The van der Waals surface area contributed by atoms with Crippen molar-refractivity contribution >= 4 is 16.0 Å². The molecular formula is C13H23NO4S. The van der Waals surface area contributed by atoms with Crippen LogP contribution in [0.5, 0.6) is 0 Å². The van der Waals surface area contributed by atoms with Crippen LogP contribution in [0, 0.1) is 5.92 Å². The molecule has 0 radical (unpaired) electrons. The monoisotopic (exact) mass is 289 g/mol. The molecule has 2 rings (SSSR count). The van der Waals surface area contributed by atoms with E-state index in [1.54, 1.807) is 0 Å². The summed E-state index contributed by atoms with van der Waals surface area (Å²) in [5.41, 5.74) is 0. The largest absolute Gasteiger partial charge is 0.469 e. The summed E-state index contributed by atoms with van der Waals surface area (Å²) >= 11 is 0. The van der Waals surface area contributed by atoms with Crippen LogP contribution < -0.4 is 0 Å². The fraction of sp³-hybridized carbons (Fsp3) is 0.923. The summed E-state index contributed by atoms with van der Waals surface area (Å²) in [7, 11) is -1.88. The second-order valence-electron chi connectivity index (χ2n) is 5.53. The summed E-state index contributed by atoms with van der Waals surface area (Å²) < 4.78 is 31.4. The lowest BCUT2D eigenvalue weighted by Gasteiger charge is -2.34. The molecule has 0 amide bonds. The highest BCUT2D eigenvalue weighted by Crippen LogP contribution is 2.29. The average molecular weight is 289 g/mol. The van der Waals surface area contributed by atoms with Gasteiger partial charge in [0.15, 0.2) is 0 Å². The normalized spacial score (nSPS) is 27.1. The summed E-state index contributed by atoms with van der Waals surface area (Å²) in [5, 5.41) is -0.238. The van der Waals surface area contributed by atoms with Crippen molar-refractivity contribution < 1.29 is 17.9 Å². The zero-order chi connectivity index (χ0) is 13.9. The number of hydrogen-bond donors (Lipinski definition) is 0. The van der Waals surface area contributed by atoms with E-state index in [4.69, 9.17) is 4.74 Å². The van der Waals surface area contributed by atoms with E-state index in [1.165, 1.54) is 11.4 Å². The summed E-state index contributed by atoms with van der Waals surface area (Å²) in [4.78, 5) is 11.6. The number of rotatable bonds is 3. The molecule has 2 aliphatic rings. The van der Waals surface area contributed by atoms with Crippen LogP contribution in [0.2, 0.25) is 0 Å². The van der Waals surface area contributed by atoms with Gasteiger partial charge in [0.2, 0.25) is 10.0 Å². The molecule has 19 heavy (non-hydrogen) atoms. The topological polar surface area (TPSA) is 63.7 Å². The Balaban J connectivity index is 2.05. The van der Waals surface area contributed by atoms with Crippen LogP contribution in [0.25, 0.3) is 0 Å². The van der Waals surface area contributed by atoms with Crippen molar-refractivity contribution in [1.29, 1.82) is 0 Å². The van der Waals surface area contributed by atoms with Crippen LogP contribution in [0.1, 0.15) is 44.9 Å². The Labute approximate surface area is 115 Å². The van der Waals surface area contributed by atoms with E-state index in [9.17, 15) is 13.2 Å². The van der Waals surface area contributed by atoms with E-state index in [0.29, 0.717) is 13.1 Å². The first kappa shape index (κ1) is 14.8. The Morgan fingerprint density at radius 1 is 1.11 bits per heavy atom. The molecule has 0 aromatic heterocycles. The molecule has 0 spiro atoms. The SMILES string of the molecule is COC(=O)[C@H]1CCCN(S(=O)(=O)C2CCCCC2)C1. The number of nitrogens with zero attached hydrogens (tertiary/aromatic N) is 1. The van der Waals surface area contributed by atoms with Gasteiger partial charge < -0.3 is 4.74 Å². The number of esters is 1. The molecule has 110 valence electrons. The smallest absolute Gasteiger partial charge is 0.309 e. The van der Waals surface area contributed by atoms with Crippen LogP contribution in [0.3, 0.4) is 0 Å². The van der Waals surface area contributed by atoms with Gasteiger partial charge in [0.1, 0.15) is 0 Å². The third kappa shape index (κ3) is 3.28. The highest BCUT2D eigenvalue weighted by molar-refractivity contribution is 7.89. The van der Waals surface area contributed by atoms with Crippen molar-refractivity contribution in [3.63, 3.8) is 0 Å². The summed E-state index contributed by atoms with van der Waals surface area (Å²) in [6.45, 7) is 0.845. The Morgan fingerprint density at radius 2 is 1.79 bits per heavy atom. The molecule has 1 saturated heterocycles. The van der Waals surface area contributed by atoms with Gasteiger partial charge >= 0.3 is 5.97 Å². The zero-order valence-corrected chi connectivity index (χ0v) is 12.3. The van der Waals surface area contributed by atoms with Gasteiger partial charge in [-0.1, -0.05) is 19.3 Å². The maximum absolute atomic E-state index is 12.6. The summed E-state index contributed by atoms with van der Waals surface area (Å²) in [6.07, 6.45) is 6.13. The minimum Gasteiger partial charge on any atom is -0.469 e. The van der Waals surface area contributed by atoms with Gasteiger partial charge in [-0.2, -0.15) is 0 Å². The number of carbonyl (C=O) groups is 1. The third-order valence-electron chi connectivity index (χ3n) is 4.25. The lowest BCUT2D eigenvalue weighted by molar-refractivity contribution is -0.146. The van der Waals surface area contributed by atoms with Crippen LogP contribution in [0.4, 0.5) is 0 Å². The maximum atomic E-state index is 12.6. The molecule has 0 N–H and O–H groups in total. The van der Waals surface area contributed by atoms with E-state index in [2.05, 4.69) is 0 Å². The Kier molecular flexibility index (Phi) is 4.84. The lowest BCUT2D eigenvalue weighted by Crippen LogP contribution is -2.46. The van der Waals surface area contributed by atoms with Gasteiger partial charge in [-0.3, -0.25) is 4.79 Å². The van der Waals surface area contributed by atoms with Gasteiger partial charge in [-0.25, -0.2) is 12.7 Å². The number of ether oxygens (including phenoxy) is 1. The predicted octanol–water partition coefficient (Wildman–Crippen LogP) is 1.53. The first-order valence-corrected chi connectivity index (χ1v) is 8.63. The van der Waals surface area contributed by atoms with E-state index in [-0.39, 0.29) is 17.1 Å². The van der Waals surface area contributed by atoms with Crippen LogP contribution in [-0.4, -0.2) is 44.1 Å². The van der Waals surface area contributed by atoms with Gasteiger partial charge in [-0.05, 0) is 25.7 Å². The molecular weight excluding hydrogens is 266 g/mol. The number of carbonyl (C=O) groups excluding carboxylic acids is 1. The Bertz CT molecular complexity index is 414. The molecule has 6 heteroatoms. The minimum atomic E-state index is -3.23. The van der Waals surface area contributed by atoms with Crippen molar-refractivity contribution in [3.05, 3.63) is 0 Å². The fourth-order valence-corrected chi connectivity index (χ4v) is 5.23. The van der Waals surface area contributed by atoms with Crippen molar-refractivity contribution in [2.75, 3.05) is 20.2 Å². The zero-order valence-electron chi connectivity index (χ0n) is 11.5. The highest BCUT2D eigenvalue weighted by Gasteiger charge is 2.37. The maximum Gasteiger partial charge on any atom is 0.309 e. The second kappa shape index (κ2) is 6.22. The van der Waals surface area contributed by atoms with E-state index < -0.39 is 10.0 Å². The third-order valence-corrected chi connectivity index (χ3v) is 6.62. The second-order valence-corrected chi connectivity index (χ2v) is 7.74. The number of hydrogen-bond acceptors (Lipinski definition) is 4. The van der Waals surface area contributed by atoms with Crippen molar-refractivity contribution in [3.8, 4) is 0 Å². The molecule has 2 fully saturated rings. The quantitative estimate of drug-likeness (QED) is 0.739. The van der Waals surface area contributed by atoms with E-state index in [1.807, 2.05) is 0 Å². The summed E-state index contributed by atoms with van der Waals surface area (Å²) in [5.74, 6) is -0.583. The van der Waals surface area contributed by atoms with Crippen LogP contribution >= 0.6 is 0 Å². The van der Waals surface area contributed by atoms with Crippen molar-refractivity contribution in [2.45, 2.75) is 50.2 Å². The van der Waals surface area contributed by atoms with Crippen molar-refractivity contribution in [1.82, 2.24) is 4.31 Å². The molecule has 0 bridgehead atoms. The number of methoxy groups -OCH3 is 1. The minimum absolute atomic E-state index is 0.238. The molecule has 0 unspecified atom stereocenters. The molecule has 0 aromatic carbocycles. The first-order chi connectivity index (χ1) is 9.05. The van der Waals surface area contributed by atoms with E-state index in [0.717, 1.165) is 44.9 Å². The highest BCUT2D eigenvalue weighted by atomic mass is 32.2. The van der Waals surface area contributed by atoms with Gasteiger partial charge in [0.25, 0.3) is 0 Å². The average Bonchev–Trinajstić information content (AvgIpc) is 2.47. The lowest BCUT2D eigenvalue weighted by atomic mass is 10.00. The van der Waals surface area contributed by atoms with Crippen LogP contribution in [-0.2, 0) is 19.6 Å². The molecule has 0 aromatic rings. The van der Waals surface area contributed by atoms with Gasteiger partial charge in [0, 0.05) is 13.1 Å². The molecule has 1 atom stereocenters. The Morgan fingerprint density at radius 3 is 2.42 bits per heavy atom. The van der Waals surface area contributed by atoms with Crippen molar-refractivity contribution in [2.24, 2.45) is 5.92 Å². The molecule has 5 nitrogen and oxygen atoms in total. The standard InChI is InChI=1S/C13H23NO4S/c1-18-13(15)11-6-5-9-14(10-11)19(16,17)12-7-3-2-4-8-12/h11-12H,2-10H2,1H3/t11-/m0/s1. The summed E-state index contributed by atoms with van der Waals surface area (Å²) in [6, 6.07) is 0. The van der Waals surface area contributed by atoms with Gasteiger partial charge in [0.05, 0.1) is 18.3 Å². The number of sulfonamides is 1. The Hall–Kier alpha value is -0.620. The first-order valence-electron chi connectivity index (χ1n) is 7.12. The predicted molar refractivity (Wildman–Crippen MR) is 72.1 cm³/mol. The molecule has 1 heterocycles. The molecule has 1 aliphatic heterocycles. The fourth-order valence-electron chi connectivity index (χ4n) is 3.11. The van der Waals surface area contributed by atoms with Crippen LogP contribution in [0.15, 0.2) is 0 Å². The molecule has 1 aliphatic carbocycles. The molecule has 1 saturated carbocycles. The van der Waals surface area contributed by atoms with E-state index >= 15 is 0 Å². The van der Waals surface area contributed by atoms with Gasteiger partial charge in [-0.15, -0.1) is 0 Å².